The molecule has 0 bridgehead atoms. The van der Waals surface area contributed by atoms with Gasteiger partial charge < -0.3 is 23.9 Å². The lowest BCUT2D eigenvalue weighted by Gasteiger charge is -2.36. The molecule has 4 atom stereocenters. The lowest BCUT2D eigenvalue weighted by molar-refractivity contribution is -0.691. The fourth-order valence-electron chi connectivity index (χ4n) is 7.65. The zero-order valence-electron chi connectivity index (χ0n) is 30.5. The largest absolute Gasteiger partial charge is 0.477 e. The van der Waals surface area contributed by atoms with Gasteiger partial charge >= 0.3 is 24.3 Å². The predicted octanol–water partition coefficient (Wildman–Crippen LogP) is 8.42. The summed E-state index contributed by atoms with van der Waals surface area (Å²) in [6.45, 7) is 7.68. The Balaban J connectivity index is 0.000000204. The van der Waals surface area contributed by atoms with Crippen molar-refractivity contribution in [1.29, 1.82) is 0 Å². The summed E-state index contributed by atoms with van der Waals surface area (Å²) in [5.74, 6) is -1.03. The highest BCUT2D eigenvalue weighted by Gasteiger charge is 2.44. The van der Waals surface area contributed by atoms with Crippen LogP contribution in [0.5, 0.6) is 0 Å². The number of carbonyl (C=O) groups excluding carboxylic acids is 2. The molecule has 0 aliphatic carbocycles. The number of nitrogens with one attached hydrogen (secondary N) is 1. The average Bonchev–Trinajstić information content (AvgIpc) is 3.59. The lowest BCUT2D eigenvalue weighted by atomic mass is 9.86. The summed E-state index contributed by atoms with van der Waals surface area (Å²) < 4.78 is 94.0. The highest BCUT2D eigenvalue weighted by Crippen LogP contribution is 2.39. The number of nitrogens with zero attached hydrogens (tertiary/aromatic N) is 3. The highest BCUT2D eigenvalue weighted by atomic mass is 19.4. The molecule has 0 saturated carbocycles. The van der Waals surface area contributed by atoms with Gasteiger partial charge in [0.25, 0.3) is 5.69 Å². The summed E-state index contributed by atoms with van der Waals surface area (Å²) in [7, 11) is 4.01. The van der Waals surface area contributed by atoms with Crippen molar-refractivity contribution in [2.45, 2.75) is 71.0 Å². The Labute approximate surface area is 303 Å². The van der Waals surface area contributed by atoms with Crippen LogP contribution in [-0.2, 0) is 22.7 Å². The number of methoxy groups -OCH3 is 2. The van der Waals surface area contributed by atoms with Crippen LogP contribution in [0.3, 0.4) is 0 Å². The van der Waals surface area contributed by atoms with Crippen molar-refractivity contribution >= 4 is 33.7 Å². The van der Waals surface area contributed by atoms with E-state index < -0.39 is 42.1 Å². The summed E-state index contributed by atoms with van der Waals surface area (Å²) in [5, 5.41) is 4.05. The molecule has 14 heteroatoms. The van der Waals surface area contributed by atoms with Gasteiger partial charge in [-0.1, -0.05) is 36.4 Å². The Morgan fingerprint density at radius 1 is 0.830 bits per heavy atom. The van der Waals surface area contributed by atoms with Gasteiger partial charge in [-0.2, -0.15) is 30.9 Å². The van der Waals surface area contributed by atoms with Crippen molar-refractivity contribution in [2.75, 3.05) is 20.8 Å². The number of benzene rings is 2. The standard InChI is InChI=1S/C20H20F3N2O2.C19H23F3N2O2/c1-12(14-9-10-24(3)17(11-14)20(21,22)23)25-13(2)18(19(26)27-4)15-7-5-6-8-16(15)25;1-11(13-8-9-23-16(10-13)19(20,21)22)24-12(2)17(18(25)26-3)14-6-4-5-7-15(14)24/h5-12H,1-4H3;4-7,11,13,16,23H,8-10H2,1-3H3/q+1;. The third kappa shape index (κ3) is 7.64. The second kappa shape index (κ2) is 15.2. The number of piperidine rings is 1. The third-order valence-corrected chi connectivity index (χ3v) is 10.4. The average molecular weight is 746 g/mol. The van der Waals surface area contributed by atoms with Crippen molar-refractivity contribution in [2.24, 2.45) is 13.0 Å². The van der Waals surface area contributed by atoms with Gasteiger partial charge in [-0.15, -0.1) is 0 Å². The minimum atomic E-state index is -4.45. The molecular weight excluding hydrogens is 702 g/mol. The maximum atomic E-state index is 13.3. The van der Waals surface area contributed by atoms with Crippen LogP contribution in [0.4, 0.5) is 26.3 Å². The maximum Gasteiger partial charge on any atom is 0.477 e. The van der Waals surface area contributed by atoms with Gasteiger partial charge in [0.05, 0.1) is 31.4 Å². The van der Waals surface area contributed by atoms with Gasteiger partial charge in [0.15, 0.2) is 6.20 Å². The number of ether oxygens (including phenoxy) is 2. The first-order valence-electron chi connectivity index (χ1n) is 17.1. The summed E-state index contributed by atoms with van der Waals surface area (Å²) in [5.41, 5.74) is 3.68. The van der Waals surface area contributed by atoms with Gasteiger partial charge in [-0.25, -0.2) is 9.59 Å². The van der Waals surface area contributed by atoms with Gasteiger partial charge in [-0.3, -0.25) is 0 Å². The first kappa shape index (κ1) is 39.4. The van der Waals surface area contributed by atoms with Crippen LogP contribution in [0.15, 0.2) is 66.9 Å². The van der Waals surface area contributed by atoms with E-state index in [-0.39, 0.29) is 18.4 Å². The van der Waals surface area contributed by atoms with Gasteiger partial charge in [0, 0.05) is 51.4 Å². The van der Waals surface area contributed by atoms with E-state index in [1.807, 2.05) is 78.4 Å². The quantitative estimate of drug-likeness (QED) is 0.107. The number of aromatic nitrogens is 3. The fourth-order valence-corrected chi connectivity index (χ4v) is 7.65. The van der Waals surface area contributed by atoms with E-state index in [1.54, 1.807) is 13.0 Å². The molecule has 4 unspecified atom stereocenters. The number of aryl methyl sites for hydroxylation is 1. The van der Waals surface area contributed by atoms with Gasteiger partial charge in [0.2, 0.25) is 0 Å². The minimum Gasteiger partial charge on any atom is -0.465 e. The van der Waals surface area contributed by atoms with Crippen molar-refractivity contribution in [3.8, 4) is 0 Å². The molecule has 1 aliphatic heterocycles. The van der Waals surface area contributed by atoms with Crippen molar-refractivity contribution < 1.29 is 50.0 Å². The molecule has 8 nitrogen and oxygen atoms in total. The van der Waals surface area contributed by atoms with E-state index in [0.717, 1.165) is 32.7 Å². The topological polar surface area (TPSA) is 78.4 Å². The van der Waals surface area contributed by atoms with Crippen LogP contribution in [0.1, 0.15) is 82.1 Å². The molecule has 4 heterocycles. The summed E-state index contributed by atoms with van der Waals surface area (Å²) in [6.07, 6.45) is -6.60. The number of carbonyl (C=O) groups is 2. The molecule has 1 fully saturated rings. The molecule has 5 aromatic rings. The molecule has 6 rings (SSSR count). The molecule has 1 aliphatic rings. The van der Waals surface area contributed by atoms with E-state index >= 15 is 0 Å². The number of alkyl halides is 6. The monoisotopic (exact) mass is 745 g/mol. The van der Waals surface area contributed by atoms with E-state index in [4.69, 9.17) is 9.47 Å². The first-order chi connectivity index (χ1) is 24.9. The van der Waals surface area contributed by atoms with Crippen LogP contribution in [-0.4, -0.2) is 54.1 Å². The fraction of sp³-hybridized carbons (Fsp3) is 0.410. The maximum absolute atomic E-state index is 13.3. The van der Waals surface area contributed by atoms with Crippen molar-refractivity contribution in [3.05, 3.63) is 101 Å². The number of para-hydroxylation sites is 2. The predicted molar refractivity (Wildman–Crippen MR) is 188 cm³/mol. The van der Waals surface area contributed by atoms with E-state index in [1.165, 1.54) is 27.5 Å². The van der Waals surface area contributed by atoms with Crippen LogP contribution in [0.25, 0.3) is 21.8 Å². The molecular formula is C39H43F6N4O4+. The Morgan fingerprint density at radius 2 is 1.34 bits per heavy atom. The summed E-state index contributed by atoms with van der Waals surface area (Å²) in [4.78, 5) is 24.5. The molecule has 284 valence electrons. The molecule has 53 heavy (non-hydrogen) atoms. The molecule has 0 radical (unpaired) electrons. The normalized spacial score (nSPS) is 17.6. The summed E-state index contributed by atoms with van der Waals surface area (Å²) >= 11 is 0. The second-order valence-electron chi connectivity index (χ2n) is 13.4. The van der Waals surface area contributed by atoms with Crippen LogP contribution in [0, 0.1) is 19.8 Å². The van der Waals surface area contributed by atoms with Crippen LogP contribution in [0.2, 0.25) is 0 Å². The van der Waals surface area contributed by atoms with Crippen LogP contribution >= 0.6 is 0 Å². The Kier molecular flexibility index (Phi) is 11.3. The zero-order chi connectivity index (χ0) is 39.0. The van der Waals surface area contributed by atoms with Crippen molar-refractivity contribution in [3.63, 3.8) is 0 Å². The highest BCUT2D eigenvalue weighted by molar-refractivity contribution is 6.06. The smallest absolute Gasteiger partial charge is 0.465 e. The lowest BCUT2D eigenvalue weighted by Crippen LogP contribution is -2.48. The molecule has 0 amide bonds. The molecule has 1 N–H and O–H groups in total. The van der Waals surface area contributed by atoms with Crippen molar-refractivity contribution in [1.82, 2.24) is 14.5 Å². The number of hydrogen-bond donors (Lipinski definition) is 1. The zero-order valence-corrected chi connectivity index (χ0v) is 30.5. The minimum absolute atomic E-state index is 0.0319. The van der Waals surface area contributed by atoms with E-state index in [2.05, 4.69) is 5.32 Å². The molecule has 2 aromatic carbocycles. The number of esters is 2. The first-order valence-corrected chi connectivity index (χ1v) is 17.1. The molecule has 3 aromatic heterocycles. The Morgan fingerprint density at radius 3 is 1.85 bits per heavy atom. The van der Waals surface area contributed by atoms with Gasteiger partial charge in [0.1, 0.15) is 13.1 Å². The summed E-state index contributed by atoms with van der Waals surface area (Å²) in [6, 6.07) is 15.5. The number of pyridine rings is 1. The Hall–Kier alpha value is -4.85. The number of rotatable bonds is 6. The molecule has 1 saturated heterocycles. The third-order valence-electron chi connectivity index (χ3n) is 10.4. The second-order valence-corrected chi connectivity index (χ2v) is 13.4. The van der Waals surface area contributed by atoms with E-state index in [0.29, 0.717) is 40.7 Å². The number of fused-ring (bicyclic) bond motifs is 2. The van der Waals surface area contributed by atoms with Gasteiger partial charge in [-0.05, 0) is 70.7 Å². The number of halogens is 6. The Bertz CT molecular complexity index is 2130. The number of hydrogen-bond acceptors (Lipinski definition) is 5. The van der Waals surface area contributed by atoms with E-state index in [9.17, 15) is 35.9 Å². The van der Waals surface area contributed by atoms with Crippen LogP contribution < -0.4 is 9.88 Å². The SMILES string of the molecule is COC(=O)c1c(C)n(C(C)C2CCNC(C(F)(F)F)C2)c2ccccc12.COC(=O)c1c(C)n(C(C)c2cc[n+](C)c(C(F)(F)F)c2)c2ccccc12. The molecule has 0 spiro atoms.